The van der Waals surface area contributed by atoms with Crippen molar-refractivity contribution in [2.75, 3.05) is 29.4 Å². The molecule has 4 amide bonds. The van der Waals surface area contributed by atoms with Crippen LogP contribution in [-0.4, -0.2) is 77.7 Å². The maximum Gasteiger partial charge on any atom is 0.253 e. The van der Waals surface area contributed by atoms with E-state index in [1.807, 2.05) is 0 Å². The molecule has 9 unspecified atom stereocenters. The number of aromatic hydroxyl groups is 4. The van der Waals surface area contributed by atoms with Crippen LogP contribution in [0.15, 0.2) is 24.3 Å². The number of hydrogen-bond donors (Lipinski definition) is 4. The first-order valence-electron chi connectivity index (χ1n) is 44.1. The predicted molar refractivity (Wildman–Crippen MR) is 432 cm³/mol. The predicted octanol–water partition coefficient (Wildman–Crippen LogP) is 25.1. The molecular formula is C90H159N5O8. The number of unbranched alkanes of at least 4 members (excludes halogenated alkanes) is 31. The van der Waals surface area contributed by atoms with Crippen molar-refractivity contribution in [3.8, 4) is 23.5 Å². The van der Waals surface area contributed by atoms with Gasteiger partial charge in [0, 0.05) is 70.9 Å². The summed E-state index contributed by atoms with van der Waals surface area (Å²) in [6.45, 7) is 23.4. The summed E-state index contributed by atoms with van der Waals surface area (Å²) in [5.41, 5.74) is 0.259. The molecule has 0 aromatic carbocycles. The van der Waals surface area contributed by atoms with Crippen LogP contribution in [0.2, 0.25) is 0 Å². The van der Waals surface area contributed by atoms with E-state index < -0.39 is 5.41 Å². The maximum absolute atomic E-state index is 13.4. The SMILES string of the molecule is CCCCCCCCC1C(CCCCCC)CCC(C)C1CCCCCCCCn1c(O)cc(N(CC(C)(C)CC(C)CCN(C(C)=O)c2cc(O)n(CCCCCCCCC3C(CCCCCCCCN4C(=O)C=CC4=O)CCC(CCCCCC)C3CCCCCCCC)c2O)C(C)=O)c1O. The first-order chi connectivity index (χ1) is 49.8. The van der Waals surface area contributed by atoms with Crippen molar-refractivity contribution >= 4 is 35.0 Å². The molecule has 0 bridgehead atoms. The van der Waals surface area contributed by atoms with Crippen molar-refractivity contribution in [1.29, 1.82) is 0 Å². The molecule has 2 aromatic rings. The van der Waals surface area contributed by atoms with Crippen LogP contribution in [0.3, 0.4) is 0 Å². The molecule has 3 heterocycles. The number of anilines is 2. The second-order valence-electron chi connectivity index (χ2n) is 34.5. The average molecular weight is 1440 g/mol. The summed E-state index contributed by atoms with van der Waals surface area (Å²) in [7, 11) is 0. The smallest absolute Gasteiger partial charge is 0.253 e. The molecule has 3 aliphatic rings. The summed E-state index contributed by atoms with van der Waals surface area (Å²) in [5, 5.41) is 45.6. The quantitative estimate of drug-likeness (QED) is 0.0375. The van der Waals surface area contributed by atoms with E-state index in [1.165, 1.54) is 300 Å². The lowest BCUT2D eigenvalue weighted by atomic mass is 9.61. The molecule has 2 fully saturated rings. The lowest BCUT2D eigenvalue weighted by molar-refractivity contribution is -0.136. The van der Waals surface area contributed by atoms with Crippen LogP contribution in [-0.2, 0) is 32.3 Å². The van der Waals surface area contributed by atoms with E-state index >= 15 is 0 Å². The number of carbonyl (C=O) groups is 4. The van der Waals surface area contributed by atoms with E-state index in [9.17, 15) is 39.6 Å². The number of nitrogens with zero attached hydrogens (tertiary/aromatic N) is 5. The minimum Gasteiger partial charge on any atom is -0.494 e. The van der Waals surface area contributed by atoms with Gasteiger partial charge in [-0.1, -0.05) is 306 Å². The second-order valence-corrected chi connectivity index (χ2v) is 34.5. The summed E-state index contributed by atoms with van der Waals surface area (Å²) in [6.07, 6.45) is 67.3. The van der Waals surface area contributed by atoms with E-state index in [1.54, 1.807) is 18.9 Å². The zero-order valence-electron chi connectivity index (χ0n) is 68.3. The Labute approximate surface area is 631 Å². The number of rotatable bonds is 60. The molecule has 9 atom stereocenters. The van der Waals surface area contributed by atoms with Gasteiger partial charge in [-0.05, 0) is 136 Å². The fourth-order valence-electron chi connectivity index (χ4n) is 19.5. The third kappa shape index (κ3) is 32.1. The van der Waals surface area contributed by atoms with Crippen LogP contribution in [0.4, 0.5) is 11.4 Å². The van der Waals surface area contributed by atoms with Crippen LogP contribution < -0.4 is 9.80 Å². The first-order valence-corrected chi connectivity index (χ1v) is 44.1. The first kappa shape index (κ1) is 89.2. The van der Waals surface area contributed by atoms with Gasteiger partial charge >= 0.3 is 0 Å². The summed E-state index contributed by atoms with van der Waals surface area (Å²) >= 11 is 0. The molecule has 4 N–H and O–H groups in total. The Bertz CT molecular complexity index is 2640. The normalized spacial score (nSPS) is 20.4. The number of hydrogen-bond acceptors (Lipinski definition) is 8. The second kappa shape index (κ2) is 51.0. The summed E-state index contributed by atoms with van der Waals surface area (Å²) in [5.74, 6) is 6.04. The van der Waals surface area contributed by atoms with Gasteiger partial charge in [-0.15, -0.1) is 0 Å². The molecular weight excluding hydrogens is 1280 g/mol. The van der Waals surface area contributed by atoms with Gasteiger partial charge in [0.1, 0.15) is 11.4 Å². The molecule has 2 saturated carbocycles. The van der Waals surface area contributed by atoms with Crippen molar-refractivity contribution in [3.63, 3.8) is 0 Å². The summed E-state index contributed by atoms with van der Waals surface area (Å²) < 4.78 is 3.10. The van der Waals surface area contributed by atoms with Crippen LogP contribution in [0.25, 0.3) is 0 Å². The average Bonchev–Trinajstić information content (AvgIpc) is 1.70. The van der Waals surface area contributed by atoms with Crippen LogP contribution in [0.5, 0.6) is 23.5 Å². The highest BCUT2D eigenvalue weighted by Crippen LogP contribution is 2.50. The molecule has 0 spiro atoms. The molecule has 0 radical (unpaired) electrons. The molecule has 13 nitrogen and oxygen atoms in total. The molecule has 2 aromatic heterocycles. The minimum absolute atomic E-state index is 0.0344. The molecule has 2 aliphatic carbocycles. The fraction of sp³-hybridized carbons (Fsp3) is 0.844. The van der Waals surface area contributed by atoms with Gasteiger partial charge in [0.15, 0.2) is 11.8 Å². The van der Waals surface area contributed by atoms with Gasteiger partial charge in [-0.2, -0.15) is 0 Å². The standard InChI is InChI=1S/C90H159N5O8/c1-11-15-19-23-32-43-53-79-75(49-39-21-17-13-3)57-56-72(6)78(79)52-42-34-26-29-37-48-65-94-87(101)68-83(89(94)103)95(74(8)97)70-90(9,10)69-71(5)62-66-91(73(7)96)82-67-86(100)93(88(82)102)64-47-38-30-27-35-45-55-81-77(51-41-31-25-28-36-46-63-92-84(98)60-61-85(92)99)59-58-76(50-40-22-18-14-4)80(81)54-44-33-24-20-16-12-2/h60-61,67-68,71-72,75-81,100-103H,11-59,62-66,69-70H2,1-10H3. The van der Waals surface area contributed by atoms with Crippen molar-refractivity contribution in [2.45, 2.75) is 410 Å². The van der Waals surface area contributed by atoms with Crippen molar-refractivity contribution < 1.29 is 39.6 Å². The van der Waals surface area contributed by atoms with Crippen LogP contribution >= 0.6 is 0 Å². The Kier molecular flexibility index (Phi) is 44.2. The molecule has 1 aliphatic heterocycles. The summed E-state index contributed by atoms with van der Waals surface area (Å²) in [6, 6.07) is 3.06. The molecule has 592 valence electrons. The molecule has 103 heavy (non-hydrogen) atoms. The van der Waals surface area contributed by atoms with Gasteiger partial charge in [0.2, 0.25) is 23.6 Å². The molecule has 5 rings (SSSR count). The van der Waals surface area contributed by atoms with Gasteiger partial charge in [0.25, 0.3) is 11.8 Å². The number of imide groups is 1. The lowest BCUT2D eigenvalue weighted by Gasteiger charge is -2.44. The van der Waals surface area contributed by atoms with E-state index in [4.69, 9.17) is 0 Å². The zero-order valence-corrected chi connectivity index (χ0v) is 68.3. The van der Waals surface area contributed by atoms with Crippen LogP contribution in [0.1, 0.15) is 397 Å². The third-order valence-electron chi connectivity index (χ3n) is 25.4. The summed E-state index contributed by atoms with van der Waals surface area (Å²) in [4.78, 5) is 55.2. The van der Waals surface area contributed by atoms with Crippen molar-refractivity contribution in [3.05, 3.63) is 24.3 Å². The monoisotopic (exact) mass is 1440 g/mol. The minimum atomic E-state index is -0.393. The largest absolute Gasteiger partial charge is 0.494 e. The van der Waals surface area contributed by atoms with E-state index in [-0.39, 0.29) is 53.1 Å². The van der Waals surface area contributed by atoms with Gasteiger partial charge in [-0.25, -0.2) is 0 Å². The van der Waals surface area contributed by atoms with Crippen LogP contribution in [0, 0.1) is 58.7 Å². The maximum atomic E-state index is 13.4. The molecule has 13 heteroatoms. The Morgan fingerprint density at radius 2 is 0.748 bits per heavy atom. The number of aromatic nitrogens is 2. The Morgan fingerprint density at radius 1 is 0.437 bits per heavy atom. The van der Waals surface area contributed by atoms with E-state index in [2.05, 4.69) is 55.4 Å². The highest BCUT2D eigenvalue weighted by molar-refractivity contribution is 6.12. The Morgan fingerprint density at radius 3 is 1.14 bits per heavy atom. The topological polar surface area (TPSA) is 169 Å². The Hall–Kier alpha value is -4.42. The highest BCUT2D eigenvalue weighted by Gasteiger charge is 2.39. The number of amides is 4. The molecule has 0 saturated heterocycles. The Balaban J connectivity index is 1.05. The van der Waals surface area contributed by atoms with Gasteiger partial charge in [-0.3, -0.25) is 33.2 Å². The lowest BCUT2D eigenvalue weighted by Crippen LogP contribution is -2.38. The highest BCUT2D eigenvalue weighted by atomic mass is 16.3. The zero-order chi connectivity index (χ0) is 74.8. The van der Waals surface area contributed by atoms with E-state index in [0.29, 0.717) is 56.9 Å². The fourth-order valence-corrected chi connectivity index (χ4v) is 19.5. The van der Waals surface area contributed by atoms with Crippen molar-refractivity contribution in [1.82, 2.24) is 14.0 Å². The van der Waals surface area contributed by atoms with Crippen molar-refractivity contribution in [2.24, 2.45) is 58.7 Å². The van der Waals surface area contributed by atoms with E-state index in [0.717, 1.165) is 105 Å². The number of carbonyl (C=O) groups excluding carboxylic acids is 4. The van der Waals surface area contributed by atoms with Gasteiger partial charge < -0.3 is 30.2 Å². The van der Waals surface area contributed by atoms with Gasteiger partial charge in [0.05, 0.1) is 0 Å². The third-order valence-corrected chi connectivity index (χ3v) is 25.4.